The summed E-state index contributed by atoms with van der Waals surface area (Å²) >= 11 is 5.81. The third kappa shape index (κ3) is 2.76. The highest BCUT2D eigenvalue weighted by molar-refractivity contribution is 6.32. The number of benzene rings is 1. The van der Waals surface area contributed by atoms with E-state index in [9.17, 15) is 9.90 Å². The average Bonchev–Trinajstić information content (AvgIpc) is 2.30. The van der Waals surface area contributed by atoms with E-state index in [-0.39, 0.29) is 22.3 Å². The number of amides is 1. The maximum atomic E-state index is 12.3. The number of hydrogen-bond acceptors (Lipinski definition) is 3. The molecule has 0 saturated carbocycles. The van der Waals surface area contributed by atoms with Crippen LogP contribution in [0, 0.1) is 0 Å². The molecule has 1 fully saturated rings. The summed E-state index contributed by atoms with van der Waals surface area (Å²) in [5.74, 6) is -0.108. The lowest BCUT2D eigenvalue weighted by molar-refractivity contribution is -0.0764. The maximum Gasteiger partial charge on any atom is 0.254 e. The van der Waals surface area contributed by atoms with Crippen molar-refractivity contribution in [3.05, 3.63) is 28.8 Å². The Kier molecular flexibility index (Phi) is 3.50. The van der Waals surface area contributed by atoms with Gasteiger partial charge in [-0.25, -0.2) is 0 Å². The molecule has 0 spiro atoms. The summed E-state index contributed by atoms with van der Waals surface area (Å²) < 4.78 is 5.56. The third-order valence-corrected chi connectivity index (χ3v) is 3.21. The van der Waals surface area contributed by atoms with Gasteiger partial charge in [0.15, 0.2) is 0 Å². The second kappa shape index (κ2) is 4.78. The number of rotatable bonds is 1. The number of aromatic hydroxyl groups is 1. The van der Waals surface area contributed by atoms with Gasteiger partial charge in [0, 0.05) is 18.7 Å². The molecule has 0 bridgehead atoms. The van der Waals surface area contributed by atoms with Crippen LogP contribution in [0.4, 0.5) is 0 Å². The zero-order valence-electron chi connectivity index (χ0n) is 10.4. The topological polar surface area (TPSA) is 49.8 Å². The molecule has 1 heterocycles. The molecule has 18 heavy (non-hydrogen) atoms. The highest BCUT2D eigenvalue weighted by atomic mass is 35.5. The second-order valence-corrected chi connectivity index (χ2v) is 5.41. The Balaban J connectivity index is 2.18. The minimum Gasteiger partial charge on any atom is -0.506 e. The summed E-state index contributed by atoms with van der Waals surface area (Å²) in [6.45, 7) is 5.56. The number of morpholine rings is 1. The van der Waals surface area contributed by atoms with Crippen molar-refractivity contribution in [2.45, 2.75) is 19.4 Å². The largest absolute Gasteiger partial charge is 0.506 e. The molecular formula is C13H16ClNO3. The number of ether oxygens (including phenoxy) is 1. The van der Waals surface area contributed by atoms with Gasteiger partial charge in [-0.3, -0.25) is 4.79 Å². The number of carbonyl (C=O) groups is 1. The molecule has 1 aromatic rings. The first-order valence-corrected chi connectivity index (χ1v) is 6.19. The van der Waals surface area contributed by atoms with E-state index in [1.807, 2.05) is 13.8 Å². The van der Waals surface area contributed by atoms with Gasteiger partial charge in [-0.2, -0.15) is 0 Å². The summed E-state index contributed by atoms with van der Waals surface area (Å²) in [6.07, 6.45) is 0. The molecule has 1 aromatic carbocycles. The maximum absolute atomic E-state index is 12.3. The minimum absolute atomic E-state index is 0.0180. The first-order chi connectivity index (χ1) is 8.39. The van der Waals surface area contributed by atoms with Crippen LogP contribution in [-0.4, -0.2) is 41.2 Å². The molecule has 0 atom stereocenters. The normalized spacial score (nSPS) is 18.7. The summed E-state index contributed by atoms with van der Waals surface area (Å²) in [6, 6.07) is 4.49. The van der Waals surface area contributed by atoms with Gasteiger partial charge in [0.25, 0.3) is 5.91 Å². The quantitative estimate of drug-likeness (QED) is 0.851. The molecule has 98 valence electrons. The van der Waals surface area contributed by atoms with Gasteiger partial charge in [-0.1, -0.05) is 11.6 Å². The van der Waals surface area contributed by atoms with E-state index in [4.69, 9.17) is 16.3 Å². The molecule has 1 saturated heterocycles. The van der Waals surface area contributed by atoms with Crippen LogP contribution < -0.4 is 0 Å². The predicted octanol–water partition coefficient (Wildman–Crippen LogP) is 2.30. The van der Waals surface area contributed by atoms with Crippen LogP contribution in [-0.2, 0) is 4.74 Å². The lowest BCUT2D eigenvalue weighted by Gasteiger charge is -2.38. The number of nitrogens with zero attached hydrogens (tertiary/aromatic N) is 1. The molecule has 0 aromatic heterocycles. The molecule has 5 heteroatoms. The first kappa shape index (κ1) is 13.2. The lowest BCUT2D eigenvalue weighted by atomic mass is 10.1. The number of phenolic OH excluding ortho intramolecular Hbond substituents is 1. The van der Waals surface area contributed by atoms with Gasteiger partial charge in [0.1, 0.15) is 5.75 Å². The smallest absolute Gasteiger partial charge is 0.254 e. The zero-order valence-corrected chi connectivity index (χ0v) is 11.2. The van der Waals surface area contributed by atoms with Gasteiger partial charge in [0.05, 0.1) is 17.2 Å². The van der Waals surface area contributed by atoms with E-state index in [1.54, 1.807) is 11.0 Å². The standard InChI is InChI=1S/C13H16ClNO3/c1-13(2)8-15(5-6-18-13)12(17)9-3-4-11(16)10(14)7-9/h3-4,7,16H,5-6,8H2,1-2H3. The minimum atomic E-state index is -0.325. The SMILES string of the molecule is CC1(C)CN(C(=O)c2ccc(O)c(Cl)c2)CCO1. The summed E-state index contributed by atoms with van der Waals surface area (Å²) in [4.78, 5) is 14.0. The van der Waals surface area contributed by atoms with Crippen LogP contribution in [0.15, 0.2) is 18.2 Å². The van der Waals surface area contributed by atoms with Crippen molar-refractivity contribution in [2.24, 2.45) is 0 Å². The molecule has 0 unspecified atom stereocenters. The fourth-order valence-corrected chi connectivity index (χ4v) is 2.19. The zero-order chi connectivity index (χ0) is 13.3. The summed E-state index contributed by atoms with van der Waals surface area (Å²) in [5, 5.41) is 9.53. The molecular weight excluding hydrogens is 254 g/mol. The Morgan fingerprint density at radius 3 is 2.83 bits per heavy atom. The number of hydrogen-bond donors (Lipinski definition) is 1. The second-order valence-electron chi connectivity index (χ2n) is 5.00. The molecule has 1 aliphatic rings. The van der Waals surface area contributed by atoms with E-state index in [1.165, 1.54) is 12.1 Å². The van der Waals surface area contributed by atoms with Crippen LogP contribution in [0.3, 0.4) is 0 Å². The number of carbonyl (C=O) groups excluding carboxylic acids is 1. The van der Waals surface area contributed by atoms with E-state index in [0.29, 0.717) is 25.3 Å². The molecule has 0 radical (unpaired) electrons. The molecule has 1 amide bonds. The van der Waals surface area contributed by atoms with Gasteiger partial charge >= 0.3 is 0 Å². The van der Waals surface area contributed by atoms with Crippen molar-refractivity contribution >= 4 is 17.5 Å². The van der Waals surface area contributed by atoms with E-state index in [0.717, 1.165) is 0 Å². The molecule has 2 rings (SSSR count). The van der Waals surface area contributed by atoms with Crippen LogP contribution in [0.25, 0.3) is 0 Å². The third-order valence-electron chi connectivity index (χ3n) is 2.91. The van der Waals surface area contributed by atoms with Crippen molar-refractivity contribution in [3.63, 3.8) is 0 Å². The van der Waals surface area contributed by atoms with Crippen LogP contribution in [0.2, 0.25) is 5.02 Å². The number of halogens is 1. The van der Waals surface area contributed by atoms with Crippen LogP contribution in [0.5, 0.6) is 5.75 Å². The Morgan fingerprint density at radius 1 is 1.50 bits per heavy atom. The van der Waals surface area contributed by atoms with Crippen LogP contribution in [0.1, 0.15) is 24.2 Å². The highest BCUT2D eigenvalue weighted by Gasteiger charge is 2.30. The van der Waals surface area contributed by atoms with Gasteiger partial charge in [0.2, 0.25) is 0 Å². The van der Waals surface area contributed by atoms with Crippen molar-refractivity contribution in [1.82, 2.24) is 4.90 Å². The average molecular weight is 270 g/mol. The molecule has 4 nitrogen and oxygen atoms in total. The van der Waals surface area contributed by atoms with Gasteiger partial charge in [-0.05, 0) is 32.0 Å². The monoisotopic (exact) mass is 269 g/mol. The fraction of sp³-hybridized carbons (Fsp3) is 0.462. The highest BCUT2D eigenvalue weighted by Crippen LogP contribution is 2.25. The summed E-state index contributed by atoms with van der Waals surface area (Å²) in [7, 11) is 0. The van der Waals surface area contributed by atoms with Gasteiger partial charge in [-0.15, -0.1) is 0 Å². The van der Waals surface area contributed by atoms with E-state index < -0.39 is 0 Å². The van der Waals surface area contributed by atoms with Crippen molar-refractivity contribution in [1.29, 1.82) is 0 Å². The van der Waals surface area contributed by atoms with Crippen molar-refractivity contribution in [2.75, 3.05) is 19.7 Å². The molecule has 1 N–H and O–H groups in total. The molecule has 0 aliphatic carbocycles. The number of phenols is 1. The predicted molar refractivity (Wildman–Crippen MR) is 69.1 cm³/mol. The Morgan fingerprint density at radius 2 is 2.22 bits per heavy atom. The lowest BCUT2D eigenvalue weighted by Crippen LogP contribution is -2.50. The Hall–Kier alpha value is -1.26. The van der Waals surface area contributed by atoms with Crippen LogP contribution >= 0.6 is 11.6 Å². The van der Waals surface area contributed by atoms with E-state index >= 15 is 0 Å². The molecule has 1 aliphatic heterocycles. The van der Waals surface area contributed by atoms with Crippen molar-refractivity contribution in [3.8, 4) is 5.75 Å². The Bertz CT molecular complexity index is 473. The Labute approximate surface area is 111 Å². The summed E-state index contributed by atoms with van der Waals surface area (Å²) in [5.41, 5.74) is 0.157. The van der Waals surface area contributed by atoms with E-state index in [2.05, 4.69) is 0 Å². The van der Waals surface area contributed by atoms with Crippen molar-refractivity contribution < 1.29 is 14.6 Å². The fourth-order valence-electron chi connectivity index (χ4n) is 2.01. The first-order valence-electron chi connectivity index (χ1n) is 5.81. The van der Waals surface area contributed by atoms with Gasteiger partial charge < -0.3 is 14.7 Å².